The van der Waals surface area contributed by atoms with E-state index in [1.54, 1.807) is 4.52 Å². The fraction of sp³-hybridized carbons (Fsp3) is 0.533. The fourth-order valence-electron chi connectivity index (χ4n) is 2.85. The lowest BCUT2D eigenvalue weighted by Gasteiger charge is -2.17. The quantitative estimate of drug-likeness (QED) is 0.786. The molecule has 1 N–H and O–H groups in total. The van der Waals surface area contributed by atoms with E-state index in [-0.39, 0.29) is 18.2 Å². The number of anilines is 1. The van der Waals surface area contributed by atoms with Crippen LogP contribution in [0.3, 0.4) is 0 Å². The van der Waals surface area contributed by atoms with Gasteiger partial charge in [0.05, 0.1) is 23.7 Å². The van der Waals surface area contributed by atoms with Crippen LogP contribution in [0.5, 0.6) is 0 Å². The molecule has 1 saturated heterocycles. The van der Waals surface area contributed by atoms with Gasteiger partial charge in [-0.3, -0.25) is 0 Å². The van der Waals surface area contributed by atoms with Gasteiger partial charge in [-0.25, -0.2) is 17.9 Å². The first kappa shape index (κ1) is 16.7. The van der Waals surface area contributed by atoms with Crippen LogP contribution < -0.4 is 5.32 Å². The Kier molecular flexibility index (Phi) is 4.69. The summed E-state index contributed by atoms with van der Waals surface area (Å²) in [4.78, 5) is 4.33. The van der Waals surface area contributed by atoms with Gasteiger partial charge in [-0.15, -0.1) is 5.10 Å². The molecule has 1 fully saturated rings. The number of hydrogen-bond donors (Lipinski definition) is 1. The summed E-state index contributed by atoms with van der Waals surface area (Å²) in [6.45, 7) is 2.84. The first-order valence-corrected chi connectivity index (χ1v) is 9.53. The zero-order chi connectivity index (χ0) is 17.2. The van der Waals surface area contributed by atoms with E-state index in [0.717, 1.165) is 17.8 Å². The molecule has 3 heterocycles. The molecule has 0 radical (unpaired) electrons. The Bertz CT molecular complexity index is 870. The topological polar surface area (TPSA) is 103 Å². The second-order valence-corrected chi connectivity index (χ2v) is 8.06. The van der Waals surface area contributed by atoms with Crippen LogP contribution >= 0.6 is 0 Å². The molecular weight excluding hydrogens is 328 g/mol. The Morgan fingerprint density at radius 1 is 1.46 bits per heavy atom. The van der Waals surface area contributed by atoms with Crippen molar-refractivity contribution >= 4 is 21.5 Å². The predicted molar refractivity (Wildman–Crippen MR) is 90.0 cm³/mol. The second-order valence-electron chi connectivity index (χ2n) is 5.97. The highest BCUT2D eigenvalue weighted by molar-refractivity contribution is 7.89. The molecule has 0 saturated carbocycles. The molecule has 1 atom stereocenters. The van der Waals surface area contributed by atoms with Gasteiger partial charge < -0.3 is 5.32 Å². The first-order chi connectivity index (χ1) is 11.5. The van der Waals surface area contributed by atoms with Crippen molar-refractivity contribution in [1.82, 2.24) is 18.9 Å². The van der Waals surface area contributed by atoms with Crippen molar-refractivity contribution in [3.05, 3.63) is 24.0 Å². The van der Waals surface area contributed by atoms with Crippen LogP contribution in [-0.2, 0) is 10.0 Å². The minimum Gasteiger partial charge on any atom is -0.365 e. The van der Waals surface area contributed by atoms with E-state index in [2.05, 4.69) is 15.4 Å². The van der Waals surface area contributed by atoms with Gasteiger partial charge in [-0.2, -0.15) is 9.57 Å². The van der Waals surface area contributed by atoms with Crippen LogP contribution in [-0.4, -0.2) is 52.2 Å². The minimum atomic E-state index is -3.28. The molecule has 2 aromatic heterocycles. The largest absolute Gasteiger partial charge is 0.365 e. The third-order valence-corrected chi connectivity index (χ3v) is 5.95. The molecule has 9 heteroatoms. The Hall–Kier alpha value is -2.18. The van der Waals surface area contributed by atoms with Crippen molar-refractivity contribution in [2.24, 2.45) is 0 Å². The summed E-state index contributed by atoms with van der Waals surface area (Å²) in [5.74, 6) is 0.736. The molecule has 0 spiro atoms. The zero-order valence-electron chi connectivity index (χ0n) is 13.5. The summed E-state index contributed by atoms with van der Waals surface area (Å²) in [5.41, 5.74) is 1.68. The van der Waals surface area contributed by atoms with Crippen molar-refractivity contribution in [2.45, 2.75) is 32.2 Å². The lowest BCUT2D eigenvalue weighted by molar-refractivity contribution is 0.473. The molecule has 128 valence electrons. The van der Waals surface area contributed by atoms with Crippen molar-refractivity contribution < 1.29 is 8.42 Å². The summed E-state index contributed by atoms with van der Waals surface area (Å²) < 4.78 is 27.7. The van der Waals surface area contributed by atoms with Gasteiger partial charge in [0.2, 0.25) is 10.0 Å². The number of nitrogens with one attached hydrogen (secondary N) is 1. The van der Waals surface area contributed by atoms with Gasteiger partial charge in [-0.05, 0) is 31.9 Å². The maximum atomic E-state index is 12.2. The number of aromatic nitrogens is 3. The molecule has 0 aliphatic carbocycles. The van der Waals surface area contributed by atoms with Crippen molar-refractivity contribution in [1.29, 1.82) is 5.26 Å². The SMILES string of the molecule is Cc1cn2nc(NC3CCN(S(=O)(=O)CCCC#N)C3)ccc2n1. The molecule has 1 aliphatic rings. The molecule has 0 amide bonds. The normalized spacial score (nSPS) is 18.8. The van der Waals surface area contributed by atoms with Gasteiger partial charge in [0, 0.05) is 25.6 Å². The summed E-state index contributed by atoms with van der Waals surface area (Å²) in [6, 6.07) is 5.75. The standard InChI is InChI=1S/C15H20N6O2S/c1-12-10-21-15(17-12)5-4-14(19-21)18-13-6-8-20(11-13)24(22,23)9-3-2-7-16/h4-5,10,13H,2-3,6,8-9,11H2,1H3,(H,18,19). The average Bonchev–Trinajstić information content (AvgIpc) is 3.13. The molecule has 8 nitrogen and oxygen atoms in total. The summed E-state index contributed by atoms with van der Waals surface area (Å²) >= 11 is 0. The summed E-state index contributed by atoms with van der Waals surface area (Å²) in [7, 11) is -3.28. The van der Waals surface area contributed by atoms with Crippen molar-refractivity contribution in [3.63, 3.8) is 0 Å². The highest BCUT2D eigenvalue weighted by Crippen LogP contribution is 2.18. The van der Waals surface area contributed by atoms with E-state index in [1.165, 1.54) is 4.31 Å². The Morgan fingerprint density at radius 2 is 2.29 bits per heavy atom. The number of nitriles is 1. The molecule has 24 heavy (non-hydrogen) atoms. The van der Waals surface area contributed by atoms with Crippen LogP contribution in [0.2, 0.25) is 0 Å². The van der Waals surface area contributed by atoms with Gasteiger partial charge in [0.15, 0.2) is 5.65 Å². The van der Waals surface area contributed by atoms with Crippen LogP contribution in [0.4, 0.5) is 5.82 Å². The van der Waals surface area contributed by atoms with Crippen LogP contribution in [0.1, 0.15) is 25.0 Å². The number of nitrogens with zero attached hydrogens (tertiary/aromatic N) is 5. The van der Waals surface area contributed by atoms with E-state index in [4.69, 9.17) is 5.26 Å². The maximum Gasteiger partial charge on any atom is 0.214 e. The van der Waals surface area contributed by atoms with E-state index in [1.807, 2.05) is 31.3 Å². The number of unbranched alkanes of at least 4 members (excludes halogenated alkanes) is 1. The van der Waals surface area contributed by atoms with Crippen molar-refractivity contribution in [2.75, 3.05) is 24.2 Å². The number of fused-ring (bicyclic) bond motifs is 1. The van der Waals surface area contributed by atoms with E-state index < -0.39 is 10.0 Å². The molecular formula is C15H20N6O2S. The minimum absolute atomic E-state index is 0.0327. The zero-order valence-corrected chi connectivity index (χ0v) is 14.3. The average molecular weight is 348 g/mol. The second kappa shape index (κ2) is 6.75. The molecule has 1 aliphatic heterocycles. The third kappa shape index (κ3) is 3.66. The van der Waals surface area contributed by atoms with Crippen molar-refractivity contribution in [3.8, 4) is 6.07 Å². The number of hydrogen-bond acceptors (Lipinski definition) is 6. The Labute approximate surface area is 141 Å². The summed E-state index contributed by atoms with van der Waals surface area (Å²) in [6.07, 6.45) is 3.23. The lowest BCUT2D eigenvalue weighted by atomic mass is 10.2. The molecule has 1 unspecified atom stereocenters. The smallest absolute Gasteiger partial charge is 0.214 e. The van der Waals surface area contributed by atoms with E-state index >= 15 is 0 Å². The van der Waals surface area contributed by atoms with E-state index in [9.17, 15) is 8.42 Å². The Morgan fingerprint density at radius 3 is 3.08 bits per heavy atom. The number of aryl methyl sites for hydroxylation is 1. The maximum absolute atomic E-state index is 12.2. The third-order valence-electron chi connectivity index (χ3n) is 4.03. The van der Waals surface area contributed by atoms with Gasteiger partial charge in [0.25, 0.3) is 0 Å². The van der Waals surface area contributed by atoms with Gasteiger partial charge in [0.1, 0.15) is 5.82 Å². The van der Waals surface area contributed by atoms with Crippen LogP contribution in [0.15, 0.2) is 18.3 Å². The van der Waals surface area contributed by atoms with Crippen LogP contribution in [0, 0.1) is 18.3 Å². The number of imidazole rings is 1. The lowest BCUT2D eigenvalue weighted by Crippen LogP contribution is -2.33. The van der Waals surface area contributed by atoms with Gasteiger partial charge >= 0.3 is 0 Å². The Balaban J connectivity index is 1.61. The number of rotatable bonds is 6. The predicted octanol–water partition coefficient (Wildman–Crippen LogP) is 1.16. The highest BCUT2D eigenvalue weighted by atomic mass is 32.2. The molecule has 3 rings (SSSR count). The fourth-order valence-corrected chi connectivity index (χ4v) is 4.41. The number of sulfonamides is 1. The highest BCUT2D eigenvalue weighted by Gasteiger charge is 2.31. The van der Waals surface area contributed by atoms with Gasteiger partial charge in [-0.1, -0.05) is 0 Å². The first-order valence-electron chi connectivity index (χ1n) is 7.92. The van der Waals surface area contributed by atoms with Crippen LogP contribution in [0.25, 0.3) is 5.65 Å². The van der Waals surface area contributed by atoms with E-state index in [0.29, 0.717) is 25.3 Å². The summed E-state index contributed by atoms with van der Waals surface area (Å²) in [5, 5.41) is 16.3. The monoisotopic (exact) mass is 348 g/mol. The molecule has 0 aromatic carbocycles. The molecule has 0 bridgehead atoms. The molecule has 2 aromatic rings.